The fraction of sp³-hybridized carbons (Fsp3) is 0.294. The summed E-state index contributed by atoms with van der Waals surface area (Å²) in [5.74, 6) is -5.94. The minimum atomic E-state index is -1.52. The van der Waals surface area contributed by atoms with Crippen LogP contribution >= 0.6 is 23.2 Å². The van der Waals surface area contributed by atoms with Crippen LogP contribution in [0.25, 0.3) is 0 Å². The smallest absolute Gasteiger partial charge is 0.260 e. The number of aromatic hydroxyl groups is 1. The van der Waals surface area contributed by atoms with Crippen molar-refractivity contribution in [1.29, 1.82) is 0 Å². The Kier molecular flexibility index (Phi) is 7.15. The van der Waals surface area contributed by atoms with Crippen LogP contribution in [0.2, 0.25) is 10.0 Å². The van der Waals surface area contributed by atoms with Crippen molar-refractivity contribution >= 4 is 52.5 Å². The normalized spacial score (nSPS) is 28.5. The van der Waals surface area contributed by atoms with Gasteiger partial charge in [0.15, 0.2) is 0 Å². The number of anilines is 1. The number of hydrazine groups is 1. The van der Waals surface area contributed by atoms with Gasteiger partial charge in [0.2, 0.25) is 0 Å². The van der Waals surface area contributed by atoms with Crippen molar-refractivity contribution in [3.8, 4) is 11.5 Å². The number of halogens is 2. The number of methoxy groups -OCH3 is 1. The number of hydrogen-bond donors (Lipinski definition) is 3. The summed E-state index contributed by atoms with van der Waals surface area (Å²) in [5, 5.41) is 22.6. The molecule has 6 atom stereocenters. The van der Waals surface area contributed by atoms with E-state index in [-0.39, 0.29) is 34.4 Å². The number of rotatable bonds is 5. The van der Waals surface area contributed by atoms with Crippen molar-refractivity contribution in [1.82, 2.24) is 10.1 Å². The Hall–Kier alpha value is -4.38. The van der Waals surface area contributed by atoms with Crippen molar-refractivity contribution < 1.29 is 34.2 Å². The van der Waals surface area contributed by atoms with Gasteiger partial charge in [-0.05, 0) is 78.8 Å². The maximum Gasteiger partial charge on any atom is 0.260 e. The van der Waals surface area contributed by atoms with Gasteiger partial charge in [-0.15, -0.1) is 0 Å². The number of allylic oxidation sites excluding steroid dienone is 2. The first-order valence-corrected chi connectivity index (χ1v) is 15.5. The molecule has 10 nitrogen and oxygen atoms in total. The molecule has 236 valence electrons. The Balaban J connectivity index is 1.48. The number of phenolic OH excluding ortho intramolecular Hbond substituents is 1. The number of hydroxylamine groups is 2. The van der Waals surface area contributed by atoms with Gasteiger partial charge < -0.3 is 9.84 Å². The Morgan fingerprint density at radius 1 is 0.935 bits per heavy atom. The molecule has 2 aliphatic carbocycles. The fourth-order valence-electron chi connectivity index (χ4n) is 8.06. The van der Waals surface area contributed by atoms with Crippen LogP contribution in [0.5, 0.6) is 11.5 Å². The minimum Gasteiger partial charge on any atom is -0.508 e. The van der Waals surface area contributed by atoms with Gasteiger partial charge in [-0.3, -0.25) is 29.8 Å². The molecule has 3 aromatic rings. The zero-order chi connectivity index (χ0) is 32.7. The topological polar surface area (TPSA) is 136 Å². The Labute approximate surface area is 274 Å². The van der Waals surface area contributed by atoms with Crippen molar-refractivity contribution in [2.24, 2.45) is 23.7 Å². The number of carbonyl (C=O) groups is 4. The van der Waals surface area contributed by atoms with E-state index in [1.807, 2.05) is 6.08 Å². The highest BCUT2D eigenvalue weighted by Crippen LogP contribution is 2.64. The van der Waals surface area contributed by atoms with E-state index < -0.39 is 58.6 Å². The van der Waals surface area contributed by atoms with Gasteiger partial charge in [-0.1, -0.05) is 59.1 Å². The number of phenols is 1. The molecule has 2 aliphatic heterocycles. The first-order valence-electron chi connectivity index (χ1n) is 14.8. The van der Waals surface area contributed by atoms with Crippen molar-refractivity contribution in [2.45, 2.75) is 31.1 Å². The molecule has 0 bridgehead atoms. The molecule has 3 N–H and O–H groups in total. The number of aryl methyl sites for hydroxylation is 1. The van der Waals surface area contributed by atoms with Crippen LogP contribution < -0.4 is 10.2 Å². The number of benzene rings is 3. The van der Waals surface area contributed by atoms with Crippen LogP contribution in [-0.4, -0.2) is 51.1 Å². The molecule has 4 amide bonds. The highest BCUT2D eigenvalue weighted by atomic mass is 35.5. The summed E-state index contributed by atoms with van der Waals surface area (Å²) in [6, 6.07) is 16.7. The first kappa shape index (κ1) is 30.3. The standard InChI is InChI=1S/C34H29Cl2N3O7/c1-16-13-17(3-12-27(16)40)29-21-9-10-22-28(32(43)39(45)30(22)41)23(21)15-24-31(42)38(37-26-11-6-19(35)14-25(26)36)33(44)34(24,29)18-4-7-20(46-2)8-5-18/h3-9,11-14,22-24,28-29,37,40,45H,10,15H2,1-2H3/t22-,23+,24-,28-,29-,34+/m0/s1. The van der Waals surface area contributed by atoms with E-state index in [1.165, 1.54) is 13.2 Å². The fourth-order valence-corrected chi connectivity index (χ4v) is 8.51. The summed E-state index contributed by atoms with van der Waals surface area (Å²) in [6.07, 6.45) is 2.13. The monoisotopic (exact) mass is 661 g/mol. The van der Waals surface area contributed by atoms with Crippen molar-refractivity contribution in [2.75, 3.05) is 12.5 Å². The molecule has 12 heteroatoms. The van der Waals surface area contributed by atoms with Gasteiger partial charge in [0, 0.05) is 10.9 Å². The minimum absolute atomic E-state index is 0.0610. The molecule has 0 spiro atoms. The predicted molar refractivity (Wildman–Crippen MR) is 167 cm³/mol. The second-order valence-corrected chi connectivity index (χ2v) is 13.1. The Bertz CT molecular complexity index is 1860. The molecule has 3 fully saturated rings. The molecular formula is C34H29Cl2N3O7. The molecule has 1 saturated carbocycles. The molecule has 3 aromatic carbocycles. The number of imide groups is 2. The molecule has 4 aliphatic rings. The van der Waals surface area contributed by atoms with Gasteiger partial charge in [-0.2, -0.15) is 10.1 Å². The third kappa shape index (κ3) is 4.20. The highest BCUT2D eigenvalue weighted by Gasteiger charge is 2.70. The van der Waals surface area contributed by atoms with Crippen molar-refractivity contribution in [3.63, 3.8) is 0 Å². The summed E-state index contributed by atoms with van der Waals surface area (Å²) in [5.41, 5.74) is 4.20. The van der Waals surface area contributed by atoms with Gasteiger partial charge in [0.25, 0.3) is 23.6 Å². The summed E-state index contributed by atoms with van der Waals surface area (Å²) in [6.45, 7) is 1.74. The van der Waals surface area contributed by atoms with Crippen molar-refractivity contribution in [3.05, 3.63) is 99.0 Å². The SMILES string of the molecule is COc1ccc([C@@]23C(=O)N(Nc4ccc(Cl)cc4Cl)C(=O)[C@@H]2C[C@@H]2C(=CC[C@@H]4C(=O)N(O)C(=O)[C@@H]42)[C@@H]3c2ccc(O)c(C)c2)cc1. The second kappa shape index (κ2) is 10.9. The Morgan fingerprint density at radius 3 is 2.35 bits per heavy atom. The van der Waals surface area contributed by atoms with E-state index in [0.29, 0.717) is 27.5 Å². The zero-order valence-electron chi connectivity index (χ0n) is 24.7. The number of carbonyl (C=O) groups excluding carboxylic acids is 4. The van der Waals surface area contributed by atoms with Crippen LogP contribution in [0.15, 0.2) is 72.3 Å². The summed E-state index contributed by atoms with van der Waals surface area (Å²) in [4.78, 5) is 55.9. The Morgan fingerprint density at radius 2 is 1.67 bits per heavy atom. The van der Waals surface area contributed by atoms with Gasteiger partial charge in [0.05, 0.1) is 41.0 Å². The maximum absolute atomic E-state index is 15.1. The van der Waals surface area contributed by atoms with Gasteiger partial charge in [-0.25, -0.2) is 0 Å². The van der Waals surface area contributed by atoms with Gasteiger partial charge in [0.1, 0.15) is 11.5 Å². The molecule has 2 saturated heterocycles. The third-order valence-corrected chi connectivity index (χ3v) is 10.7. The maximum atomic E-state index is 15.1. The quantitative estimate of drug-likeness (QED) is 0.188. The lowest BCUT2D eigenvalue weighted by atomic mass is 9.49. The third-order valence-electron chi connectivity index (χ3n) is 10.1. The zero-order valence-corrected chi connectivity index (χ0v) is 26.2. The number of nitrogens with zero attached hydrogens (tertiary/aromatic N) is 2. The van der Waals surface area contributed by atoms with E-state index >= 15 is 4.79 Å². The van der Waals surface area contributed by atoms with Crippen LogP contribution in [0.4, 0.5) is 5.69 Å². The summed E-state index contributed by atoms with van der Waals surface area (Å²) >= 11 is 12.6. The number of nitrogens with one attached hydrogen (secondary N) is 1. The largest absolute Gasteiger partial charge is 0.508 e. The van der Waals surface area contributed by atoms with E-state index in [9.17, 15) is 24.7 Å². The van der Waals surface area contributed by atoms with Crippen LogP contribution in [0.3, 0.4) is 0 Å². The van der Waals surface area contributed by atoms with Crippen LogP contribution in [0, 0.1) is 30.6 Å². The van der Waals surface area contributed by atoms with E-state index in [0.717, 1.165) is 10.6 Å². The molecule has 0 unspecified atom stereocenters. The lowest BCUT2D eigenvalue weighted by Crippen LogP contribution is -2.53. The summed E-state index contributed by atoms with van der Waals surface area (Å²) < 4.78 is 5.41. The van der Waals surface area contributed by atoms with E-state index in [4.69, 9.17) is 27.9 Å². The predicted octanol–water partition coefficient (Wildman–Crippen LogP) is 5.39. The second-order valence-electron chi connectivity index (χ2n) is 12.2. The number of amides is 4. The lowest BCUT2D eigenvalue weighted by molar-refractivity contribution is -0.173. The van der Waals surface area contributed by atoms with Crippen LogP contribution in [0.1, 0.15) is 35.4 Å². The number of hydrogen-bond acceptors (Lipinski definition) is 8. The van der Waals surface area contributed by atoms with Gasteiger partial charge >= 0.3 is 0 Å². The molecule has 46 heavy (non-hydrogen) atoms. The molecule has 7 rings (SSSR count). The first-order chi connectivity index (χ1) is 22.0. The average molecular weight is 663 g/mol. The molecule has 2 heterocycles. The number of ether oxygens (including phenoxy) is 1. The van der Waals surface area contributed by atoms with Crippen LogP contribution in [-0.2, 0) is 24.6 Å². The van der Waals surface area contributed by atoms with E-state index in [1.54, 1.807) is 61.5 Å². The summed E-state index contributed by atoms with van der Waals surface area (Å²) in [7, 11) is 1.53. The lowest BCUT2D eigenvalue weighted by Gasteiger charge is -2.50. The number of fused-ring (bicyclic) bond motifs is 4. The molecular weight excluding hydrogens is 633 g/mol. The van der Waals surface area contributed by atoms with E-state index in [2.05, 4.69) is 5.43 Å². The highest BCUT2D eigenvalue weighted by molar-refractivity contribution is 6.36. The average Bonchev–Trinajstić information content (AvgIpc) is 3.40. The molecule has 0 radical (unpaired) electrons. The molecule has 0 aromatic heterocycles.